The summed E-state index contributed by atoms with van der Waals surface area (Å²) in [5.74, 6) is 0.636. The number of hydrogen-bond acceptors (Lipinski definition) is 3. The Labute approximate surface area is 127 Å². The van der Waals surface area contributed by atoms with E-state index in [1.165, 1.54) is 5.56 Å². The minimum Gasteiger partial charge on any atom is -0.361 e. The number of aromatic nitrogens is 3. The van der Waals surface area contributed by atoms with Gasteiger partial charge in [-0.3, -0.25) is 0 Å². The van der Waals surface area contributed by atoms with Gasteiger partial charge in [0.25, 0.3) is 0 Å². The first-order valence-corrected chi connectivity index (χ1v) is 7.11. The monoisotopic (exact) mass is 289 g/mol. The lowest BCUT2D eigenvalue weighted by atomic mass is 10.2. The van der Waals surface area contributed by atoms with Gasteiger partial charge in [-0.05, 0) is 30.7 Å². The Balaban J connectivity index is 1.58. The molecule has 5 heteroatoms. The van der Waals surface area contributed by atoms with Crippen LogP contribution in [0.4, 0.5) is 5.95 Å². The second-order valence-electron chi connectivity index (χ2n) is 5.27. The molecule has 0 spiro atoms. The number of benzene rings is 2. The van der Waals surface area contributed by atoms with Crippen molar-refractivity contribution in [3.8, 4) is 0 Å². The number of hydrazone groups is 1. The maximum atomic E-state index is 4.45. The highest BCUT2D eigenvalue weighted by Crippen LogP contribution is 2.17. The van der Waals surface area contributed by atoms with Crippen LogP contribution in [0.1, 0.15) is 11.1 Å². The van der Waals surface area contributed by atoms with E-state index in [-0.39, 0.29) is 0 Å². The number of aryl methyl sites for hydroxylation is 1. The molecule has 0 unspecified atom stereocenters. The van der Waals surface area contributed by atoms with E-state index in [4.69, 9.17) is 0 Å². The van der Waals surface area contributed by atoms with Crippen molar-refractivity contribution in [2.24, 2.45) is 5.10 Å². The van der Waals surface area contributed by atoms with Crippen LogP contribution in [0.3, 0.4) is 0 Å². The molecular weight excluding hydrogens is 274 g/mol. The summed E-state index contributed by atoms with van der Waals surface area (Å²) in [7, 11) is 0. The van der Waals surface area contributed by atoms with Gasteiger partial charge in [0, 0.05) is 22.7 Å². The quantitative estimate of drug-likeness (QED) is 0.396. The first-order valence-electron chi connectivity index (χ1n) is 7.11. The maximum Gasteiger partial charge on any atom is 0.222 e. The van der Waals surface area contributed by atoms with Gasteiger partial charge in [0.15, 0.2) is 0 Å². The van der Waals surface area contributed by atoms with Crippen molar-refractivity contribution < 1.29 is 0 Å². The Morgan fingerprint density at radius 3 is 3.00 bits per heavy atom. The molecule has 3 N–H and O–H groups in total. The molecule has 0 amide bonds. The first kappa shape index (κ1) is 12.6. The predicted molar refractivity (Wildman–Crippen MR) is 90.3 cm³/mol. The lowest BCUT2D eigenvalue weighted by molar-refractivity contribution is 1.21. The summed E-state index contributed by atoms with van der Waals surface area (Å²) in [6.45, 7) is 2.06. The zero-order valence-electron chi connectivity index (χ0n) is 12.1. The Hall–Kier alpha value is -3.08. The van der Waals surface area contributed by atoms with Gasteiger partial charge < -0.3 is 9.97 Å². The van der Waals surface area contributed by atoms with Crippen molar-refractivity contribution in [2.75, 3.05) is 5.43 Å². The summed E-state index contributed by atoms with van der Waals surface area (Å²) in [5.41, 5.74) is 8.21. The molecule has 0 aliphatic rings. The van der Waals surface area contributed by atoms with Crippen molar-refractivity contribution in [3.63, 3.8) is 0 Å². The summed E-state index contributed by atoms with van der Waals surface area (Å²) in [4.78, 5) is 10.9. The smallest absolute Gasteiger partial charge is 0.222 e. The van der Waals surface area contributed by atoms with E-state index in [0.29, 0.717) is 5.95 Å². The van der Waals surface area contributed by atoms with Gasteiger partial charge in [0.1, 0.15) is 0 Å². The highest BCUT2D eigenvalue weighted by atomic mass is 15.3. The van der Waals surface area contributed by atoms with Gasteiger partial charge in [0.2, 0.25) is 5.95 Å². The molecule has 0 radical (unpaired) electrons. The fourth-order valence-electron chi connectivity index (χ4n) is 2.54. The third-order valence-corrected chi connectivity index (χ3v) is 3.63. The van der Waals surface area contributed by atoms with Crippen molar-refractivity contribution in [1.82, 2.24) is 15.0 Å². The number of H-pyrrole nitrogens is 2. The normalized spacial score (nSPS) is 11.7. The van der Waals surface area contributed by atoms with Crippen molar-refractivity contribution in [1.29, 1.82) is 0 Å². The van der Waals surface area contributed by atoms with Crippen LogP contribution in [0.5, 0.6) is 0 Å². The van der Waals surface area contributed by atoms with Crippen LogP contribution in [0.15, 0.2) is 53.8 Å². The first-order chi connectivity index (χ1) is 10.8. The molecule has 0 aliphatic heterocycles. The molecule has 4 aromatic rings. The summed E-state index contributed by atoms with van der Waals surface area (Å²) < 4.78 is 0. The van der Waals surface area contributed by atoms with Crippen molar-refractivity contribution >= 4 is 34.1 Å². The molecule has 2 heterocycles. The molecule has 2 aromatic heterocycles. The molecule has 22 heavy (non-hydrogen) atoms. The molecule has 4 rings (SSSR count). The third kappa shape index (κ3) is 2.22. The van der Waals surface area contributed by atoms with E-state index in [2.05, 4.69) is 44.5 Å². The molecule has 5 nitrogen and oxygen atoms in total. The molecular formula is C17H15N5. The molecule has 0 saturated heterocycles. The highest BCUT2D eigenvalue weighted by Gasteiger charge is 2.02. The van der Waals surface area contributed by atoms with Crippen molar-refractivity contribution in [2.45, 2.75) is 6.92 Å². The van der Waals surface area contributed by atoms with Gasteiger partial charge in [-0.1, -0.05) is 24.3 Å². The Bertz CT molecular complexity index is 977. The number of aromatic amines is 2. The molecule has 0 bridgehead atoms. The number of para-hydroxylation sites is 1. The fraction of sp³-hybridized carbons (Fsp3) is 0.0588. The summed E-state index contributed by atoms with van der Waals surface area (Å²) in [6.07, 6.45) is 3.73. The molecule has 108 valence electrons. The standard InChI is InChI=1S/C17H15N5/c1-11-6-7-15-16(8-11)21-17(20-15)22-19-10-12-9-18-14-5-3-2-4-13(12)14/h2-10,18H,1H3,(H2,20,21,22)/b19-10-. The zero-order chi connectivity index (χ0) is 14.9. The van der Waals surface area contributed by atoms with Gasteiger partial charge in [-0.25, -0.2) is 10.4 Å². The van der Waals surface area contributed by atoms with E-state index in [1.54, 1.807) is 6.21 Å². The number of fused-ring (bicyclic) bond motifs is 2. The van der Waals surface area contributed by atoms with Crippen LogP contribution >= 0.6 is 0 Å². The average molecular weight is 289 g/mol. The number of rotatable bonds is 3. The van der Waals surface area contributed by atoms with Crippen LogP contribution in [0.2, 0.25) is 0 Å². The van der Waals surface area contributed by atoms with E-state index < -0.39 is 0 Å². The summed E-state index contributed by atoms with van der Waals surface area (Å²) in [5, 5.41) is 5.41. The summed E-state index contributed by atoms with van der Waals surface area (Å²) >= 11 is 0. The zero-order valence-corrected chi connectivity index (χ0v) is 12.1. The molecule has 2 aromatic carbocycles. The van der Waals surface area contributed by atoms with Crippen LogP contribution in [0, 0.1) is 6.92 Å². The summed E-state index contributed by atoms with van der Waals surface area (Å²) in [6, 6.07) is 14.2. The van der Waals surface area contributed by atoms with Gasteiger partial charge in [-0.15, -0.1) is 0 Å². The number of imidazole rings is 1. The maximum absolute atomic E-state index is 4.45. The number of anilines is 1. The third-order valence-electron chi connectivity index (χ3n) is 3.63. The van der Waals surface area contributed by atoms with E-state index >= 15 is 0 Å². The topological polar surface area (TPSA) is 68.9 Å². The number of hydrogen-bond donors (Lipinski definition) is 3. The molecule has 0 aliphatic carbocycles. The van der Waals surface area contributed by atoms with E-state index in [0.717, 1.165) is 27.5 Å². The Morgan fingerprint density at radius 2 is 2.05 bits per heavy atom. The average Bonchev–Trinajstić information content (AvgIpc) is 3.11. The lowest BCUT2D eigenvalue weighted by Crippen LogP contribution is -1.91. The SMILES string of the molecule is Cc1ccc2nc(N/N=C\c3c[nH]c4ccccc34)[nH]c2c1. The van der Waals surface area contributed by atoms with Crippen molar-refractivity contribution in [3.05, 3.63) is 59.8 Å². The number of nitrogens with one attached hydrogen (secondary N) is 3. The van der Waals surface area contributed by atoms with Crippen LogP contribution in [-0.2, 0) is 0 Å². The van der Waals surface area contributed by atoms with E-state index in [1.807, 2.05) is 36.5 Å². The Kier molecular flexibility index (Phi) is 2.89. The number of nitrogens with zero attached hydrogens (tertiary/aromatic N) is 2. The molecule has 0 atom stereocenters. The van der Waals surface area contributed by atoms with E-state index in [9.17, 15) is 0 Å². The lowest BCUT2D eigenvalue weighted by Gasteiger charge is -1.93. The van der Waals surface area contributed by atoms with Gasteiger partial charge >= 0.3 is 0 Å². The Morgan fingerprint density at radius 1 is 1.14 bits per heavy atom. The fourth-order valence-corrected chi connectivity index (χ4v) is 2.54. The highest BCUT2D eigenvalue weighted by molar-refractivity contribution is 5.99. The second kappa shape index (κ2) is 5.04. The molecule has 0 saturated carbocycles. The van der Waals surface area contributed by atoms with Crippen LogP contribution in [0.25, 0.3) is 21.9 Å². The second-order valence-corrected chi connectivity index (χ2v) is 5.27. The van der Waals surface area contributed by atoms with Crippen LogP contribution in [-0.4, -0.2) is 21.2 Å². The minimum atomic E-state index is 0.636. The largest absolute Gasteiger partial charge is 0.361 e. The van der Waals surface area contributed by atoms with Crippen LogP contribution < -0.4 is 5.43 Å². The van der Waals surface area contributed by atoms with Gasteiger partial charge in [-0.2, -0.15) is 5.10 Å². The minimum absolute atomic E-state index is 0.636. The van der Waals surface area contributed by atoms with Gasteiger partial charge in [0.05, 0.1) is 17.2 Å². The predicted octanol–water partition coefficient (Wildman–Crippen LogP) is 3.80. The molecule has 0 fully saturated rings.